The summed E-state index contributed by atoms with van der Waals surface area (Å²) >= 11 is 0. The monoisotopic (exact) mass is 326 g/mol. The molecule has 0 spiro atoms. The van der Waals surface area contributed by atoms with Gasteiger partial charge in [0.2, 0.25) is 5.91 Å². The van der Waals surface area contributed by atoms with Gasteiger partial charge in [-0.15, -0.1) is 0 Å². The Morgan fingerprint density at radius 3 is 2.79 bits per heavy atom. The molecule has 128 valence electrons. The smallest absolute Gasteiger partial charge is 0.237 e. The van der Waals surface area contributed by atoms with Crippen LogP contribution in [-0.2, 0) is 17.9 Å². The van der Waals surface area contributed by atoms with Crippen LogP contribution in [0.3, 0.4) is 0 Å². The Bertz CT molecular complexity index is 646. The van der Waals surface area contributed by atoms with Crippen LogP contribution in [0, 0.1) is 0 Å². The van der Waals surface area contributed by atoms with E-state index >= 15 is 0 Å². The molecule has 1 aromatic heterocycles. The van der Waals surface area contributed by atoms with Gasteiger partial charge in [-0.05, 0) is 25.3 Å². The first-order valence-corrected chi connectivity index (χ1v) is 8.80. The van der Waals surface area contributed by atoms with E-state index in [1.807, 2.05) is 37.5 Å². The SMILES string of the molecule is CC(NCc1nccn1Cc1ccccc1)C(=O)NC1CCCC1. The summed E-state index contributed by atoms with van der Waals surface area (Å²) in [6.07, 6.45) is 8.46. The molecule has 1 saturated carbocycles. The Labute approximate surface area is 143 Å². The zero-order chi connectivity index (χ0) is 16.8. The van der Waals surface area contributed by atoms with Crippen LogP contribution in [0.1, 0.15) is 44.0 Å². The van der Waals surface area contributed by atoms with Gasteiger partial charge in [-0.25, -0.2) is 4.98 Å². The molecule has 1 aliphatic carbocycles. The number of nitrogens with zero attached hydrogens (tertiary/aromatic N) is 2. The molecule has 5 heteroatoms. The van der Waals surface area contributed by atoms with Crippen LogP contribution < -0.4 is 10.6 Å². The Morgan fingerprint density at radius 1 is 1.29 bits per heavy atom. The van der Waals surface area contributed by atoms with Crippen molar-refractivity contribution in [2.45, 2.75) is 57.8 Å². The van der Waals surface area contributed by atoms with Crippen LogP contribution in [0.2, 0.25) is 0 Å². The molecule has 0 aliphatic heterocycles. The third kappa shape index (κ3) is 4.45. The van der Waals surface area contributed by atoms with Crippen LogP contribution in [0.5, 0.6) is 0 Å². The van der Waals surface area contributed by atoms with E-state index in [0.717, 1.165) is 25.2 Å². The van der Waals surface area contributed by atoms with E-state index in [1.54, 1.807) is 0 Å². The number of amides is 1. The van der Waals surface area contributed by atoms with Crippen molar-refractivity contribution in [3.63, 3.8) is 0 Å². The molecule has 1 aromatic carbocycles. The van der Waals surface area contributed by atoms with Gasteiger partial charge in [-0.2, -0.15) is 0 Å². The van der Waals surface area contributed by atoms with E-state index in [1.165, 1.54) is 18.4 Å². The molecule has 5 nitrogen and oxygen atoms in total. The highest BCUT2D eigenvalue weighted by Gasteiger charge is 2.20. The Balaban J connectivity index is 1.51. The van der Waals surface area contributed by atoms with Crippen LogP contribution in [-0.4, -0.2) is 27.5 Å². The van der Waals surface area contributed by atoms with Crippen LogP contribution in [0.15, 0.2) is 42.7 Å². The summed E-state index contributed by atoms with van der Waals surface area (Å²) in [6, 6.07) is 10.5. The average Bonchev–Trinajstić information content (AvgIpc) is 3.25. The first-order chi connectivity index (χ1) is 11.7. The fraction of sp³-hybridized carbons (Fsp3) is 0.474. The molecular formula is C19H26N4O. The average molecular weight is 326 g/mol. The van der Waals surface area contributed by atoms with Crippen LogP contribution in [0.25, 0.3) is 0 Å². The predicted molar refractivity (Wildman–Crippen MR) is 94.5 cm³/mol. The lowest BCUT2D eigenvalue weighted by molar-refractivity contribution is -0.123. The summed E-state index contributed by atoms with van der Waals surface area (Å²) in [4.78, 5) is 16.6. The maximum atomic E-state index is 12.2. The largest absolute Gasteiger partial charge is 0.352 e. The second kappa shape index (κ2) is 8.11. The van der Waals surface area contributed by atoms with Crippen LogP contribution in [0.4, 0.5) is 0 Å². The number of carbonyl (C=O) groups excluding carboxylic acids is 1. The summed E-state index contributed by atoms with van der Waals surface area (Å²) in [6.45, 7) is 3.29. The molecule has 0 bridgehead atoms. The lowest BCUT2D eigenvalue weighted by Gasteiger charge is -2.18. The predicted octanol–water partition coefficient (Wildman–Crippen LogP) is 2.47. The second-order valence-corrected chi connectivity index (χ2v) is 6.55. The molecule has 1 aliphatic rings. The Morgan fingerprint density at radius 2 is 2.04 bits per heavy atom. The van der Waals surface area contributed by atoms with Crippen molar-refractivity contribution >= 4 is 5.91 Å². The third-order valence-electron chi connectivity index (χ3n) is 4.66. The van der Waals surface area contributed by atoms with E-state index in [4.69, 9.17) is 0 Å². The highest BCUT2D eigenvalue weighted by Crippen LogP contribution is 2.17. The van der Waals surface area contributed by atoms with Gasteiger partial charge in [-0.3, -0.25) is 10.1 Å². The van der Waals surface area contributed by atoms with Gasteiger partial charge in [0.05, 0.1) is 12.6 Å². The normalized spacial score (nSPS) is 16.2. The number of nitrogens with one attached hydrogen (secondary N) is 2. The lowest BCUT2D eigenvalue weighted by atomic mass is 10.2. The minimum absolute atomic E-state index is 0.0862. The standard InChI is InChI=1S/C19H26N4O/c1-15(19(24)22-17-9-5-6-10-17)21-13-18-20-11-12-23(18)14-16-7-3-2-4-8-16/h2-4,7-8,11-12,15,17,21H,5-6,9-10,13-14H2,1H3,(H,22,24). The topological polar surface area (TPSA) is 59.0 Å². The van der Waals surface area contributed by atoms with Gasteiger partial charge < -0.3 is 9.88 Å². The number of aromatic nitrogens is 2. The number of carbonyl (C=O) groups is 1. The summed E-state index contributed by atoms with van der Waals surface area (Å²) in [5.41, 5.74) is 1.24. The minimum Gasteiger partial charge on any atom is -0.352 e. The van der Waals surface area contributed by atoms with E-state index < -0.39 is 0 Å². The molecule has 24 heavy (non-hydrogen) atoms. The maximum Gasteiger partial charge on any atom is 0.237 e. The van der Waals surface area contributed by atoms with Crippen molar-refractivity contribution in [1.29, 1.82) is 0 Å². The number of benzene rings is 1. The van der Waals surface area contributed by atoms with Gasteiger partial charge in [0.15, 0.2) is 0 Å². The number of hydrogen-bond donors (Lipinski definition) is 2. The molecule has 2 N–H and O–H groups in total. The molecule has 1 unspecified atom stereocenters. The fourth-order valence-corrected chi connectivity index (χ4v) is 3.16. The number of hydrogen-bond acceptors (Lipinski definition) is 3. The van der Waals surface area contributed by atoms with E-state index in [2.05, 4.69) is 32.3 Å². The highest BCUT2D eigenvalue weighted by atomic mass is 16.2. The van der Waals surface area contributed by atoms with Crippen molar-refractivity contribution in [3.8, 4) is 0 Å². The van der Waals surface area contributed by atoms with Crippen molar-refractivity contribution < 1.29 is 4.79 Å². The molecule has 1 atom stereocenters. The first-order valence-electron chi connectivity index (χ1n) is 8.80. The third-order valence-corrected chi connectivity index (χ3v) is 4.66. The van der Waals surface area contributed by atoms with E-state index in [-0.39, 0.29) is 11.9 Å². The van der Waals surface area contributed by atoms with E-state index in [9.17, 15) is 4.79 Å². The summed E-state index contributed by atoms with van der Waals surface area (Å²) in [5, 5.41) is 6.42. The van der Waals surface area contributed by atoms with Gasteiger partial charge in [0.25, 0.3) is 0 Å². The van der Waals surface area contributed by atoms with Crippen molar-refractivity contribution in [2.75, 3.05) is 0 Å². The van der Waals surface area contributed by atoms with E-state index in [0.29, 0.717) is 12.6 Å². The fourth-order valence-electron chi connectivity index (χ4n) is 3.16. The summed E-state index contributed by atoms with van der Waals surface area (Å²) in [5.74, 6) is 1.03. The number of rotatable bonds is 7. The van der Waals surface area contributed by atoms with Gasteiger partial charge in [0, 0.05) is 25.0 Å². The Kier molecular flexibility index (Phi) is 5.64. The molecular weight excluding hydrogens is 300 g/mol. The molecule has 0 saturated heterocycles. The molecule has 1 fully saturated rings. The van der Waals surface area contributed by atoms with Gasteiger partial charge in [0.1, 0.15) is 5.82 Å². The zero-order valence-corrected chi connectivity index (χ0v) is 14.2. The quantitative estimate of drug-likeness (QED) is 0.822. The van der Waals surface area contributed by atoms with Crippen LogP contribution >= 0.6 is 0 Å². The van der Waals surface area contributed by atoms with Crippen molar-refractivity contribution in [3.05, 3.63) is 54.1 Å². The Hall–Kier alpha value is -2.14. The molecule has 2 aromatic rings. The first kappa shape index (κ1) is 16.7. The molecule has 0 radical (unpaired) electrons. The second-order valence-electron chi connectivity index (χ2n) is 6.55. The molecule has 1 heterocycles. The van der Waals surface area contributed by atoms with Gasteiger partial charge >= 0.3 is 0 Å². The van der Waals surface area contributed by atoms with Crippen molar-refractivity contribution in [1.82, 2.24) is 20.2 Å². The number of imidazole rings is 1. The molecule has 3 rings (SSSR count). The van der Waals surface area contributed by atoms with Gasteiger partial charge in [-0.1, -0.05) is 43.2 Å². The van der Waals surface area contributed by atoms with Crippen molar-refractivity contribution in [2.24, 2.45) is 0 Å². The maximum absolute atomic E-state index is 12.2. The minimum atomic E-state index is -0.215. The zero-order valence-electron chi connectivity index (χ0n) is 14.2. The highest BCUT2D eigenvalue weighted by molar-refractivity contribution is 5.81. The summed E-state index contributed by atoms with van der Waals surface area (Å²) in [7, 11) is 0. The molecule has 1 amide bonds. The lowest BCUT2D eigenvalue weighted by Crippen LogP contribution is -2.45. The summed E-state index contributed by atoms with van der Waals surface area (Å²) < 4.78 is 2.12.